The molecule has 0 aliphatic carbocycles. The molecule has 3 nitrogen and oxygen atoms in total. The van der Waals surface area contributed by atoms with E-state index in [-0.39, 0.29) is 4.90 Å². The van der Waals surface area contributed by atoms with E-state index in [9.17, 15) is 13.2 Å². The predicted octanol–water partition coefficient (Wildman–Crippen LogP) is 2.07. The molecule has 0 spiro atoms. The van der Waals surface area contributed by atoms with Crippen LogP contribution in [0.3, 0.4) is 0 Å². The van der Waals surface area contributed by atoms with Crippen molar-refractivity contribution < 1.29 is 13.2 Å². The van der Waals surface area contributed by atoms with Crippen molar-refractivity contribution in [1.29, 1.82) is 0 Å². The van der Waals surface area contributed by atoms with Crippen molar-refractivity contribution in [2.45, 2.75) is 30.4 Å². The Morgan fingerprint density at radius 2 is 1.80 bits per heavy atom. The van der Waals surface area contributed by atoms with Crippen LogP contribution in [0, 0.1) is 0 Å². The van der Waals surface area contributed by atoms with Crippen LogP contribution < -0.4 is 0 Å². The molecule has 82 valence electrons. The molecule has 0 atom stereocenters. The van der Waals surface area contributed by atoms with Crippen molar-refractivity contribution >= 4 is 16.1 Å². The maximum atomic E-state index is 12.0. The highest BCUT2D eigenvalue weighted by atomic mass is 32.2. The molecule has 4 heteroatoms. The van der Waals surface area contributed by atoms with Gasteiger partial charge in [-0.25, -0.2) is 8.42 Å². The van der Waals surface area contributed by atoms with Gasteiger partial charge in [0.25, 0.3) is 0 Å². The third-order valence-corrected chi connectivity index (χ3v) is 4.60. The van der Waals surface area contributed by atoms with Gasteiger partial charge >= 0.3 is 0 Å². The van der Waals surface area contributed by atoms with E-state index in [0.29, 0.717) is 11.8 Å². The highest BCUT2D eigenvalue weighted by molar-refractivity contribution is 7.92. The van der Waals surface area contributed by atoms with Crippen LogP contribution in [-0.4, -0.2) is 19.5 Å². The number of carbonyl (C=O) groups is 1. The van der Waals surface area contributed by atoms with E-state index in [4.69, 9.17) is 0 Å². The van der Waals surface area contributed by atoms with Gasteiger partial charge < -0.3 is 0 Å². The van der Waals surface area contributed by atoms with Crippen molar-refractivity contribution in [3.8, 4) is 0 Å². The summed E-state index contributed by atoms with van der Waals surface area (Å²) in [7, 11) is -3.37. The summed E-state index contributed by atoms with van der Waals surface area (Å²) in [5.41, 5.74) is 0.375. The lowest BCUT2D eigenvalue weighted by atomic mass is 10.2. The summed E-state index contributed by atoms with van der Waals surface area (Å²) in [5, 5.41) is 0. The molecule has 0 saturated heterocycles. The Kier molecular flexibility index (Phi) is 3.00. The smallest absolute Gasteiger partial charge is 0.183 e. The van der Waals surface area contributed by atoms with Crippen molar-refractivity contribution in [1.82, 2.24) is 0 Å². The van der Waals surface area contributed by atoms with Gasteiger partial charge in [-0.3, -0.25) is 4.79 Å². The molecule has 15 heavy (non-hydrogen) atoms. The molecule has 1 rings (SSSR count). The van der Waals surface area contributed by atoms with Gasteiger partial charge in [0.05, 0.1) is 9.64 Å². The number of rotatable bonds is 2. The van der Waals surface area contributed by atoms with Crippen molar-refractivity contribution in [2.75, 3.05) is 0 Å². The average Bonchev–Trinajstić information content (AvgIpc) is 2.16. The van der Waals surface area contributed by atoms with Crippen molar-refractivity contribution in [3.05, 3.63) is 29.8 Å². The van der Waals surface area contributed by atoms with Gasteiger partial charge in [0.2, 0.25) is 0 Å². The van der Waals surface area contributed by atoms with Gasteiger partial charge in [-0.05, 0) is 32.9 Å². The zero-order chi connectivity index (χ0) is 11.7. The molecule has 0 saturated carbocycles. The van der Waals surface area contributed by atoms with Gasteiger partial charge in [0.15, 0.2) is 9.84 Å². The van der Waals surface area contributed by atoms with E-state index in [1.807, 2.05) is 0 Å². The lowest BCUT2D eigenvalue weighted by Gasteiger charge is -2.19. The number of aldehydes is 1. The zero-order valence-corrected chi connectivity index (χ0v) is 9.84. The molecule has 1 aromatic carbocycles. The average molecular weight is 226 g/mol. The van der Waals surface area contributed by atoms with E-state index in [1.165, 1.54) is 12.1 Å². The fraction of sp³-hybridized carbons (Fsp3) is 0.364. The summed E-state index contributed by atoms with van der Waals surface area (Å²) >= 11 is 0. The normalized spacial score (nSPS) is 12.5. The fourth-order valence-corrected chi connectivity index (χ4v) is 2.36. The summed E-state index contributed by atoms with van der Waals surface area (Å²) < 4.78 is 23.2. The fourth-order valence-electron chi connectivity index (χ4n) is 1.11. The maximum absolute atomic E-state index is 12.0. The number of carbonyl (C=O) groups excluding carboxylic acids is 1. The Morgan fingerprint density at radius 3 is 2.27 bits per heavy atom. The molecular weight excluding hydrogens is 212 g/mol. The maximum Gasteiger partial charge on any atom is 0.183 e. The van der Waals surface area contributed by atoms with E-state index in [2.05, 4.69) is 0 Å². The first-order valence-corrected chi connectivity index (χ1v) is 6.07. The van der Waals surface area contributed by atoms with Gasteiger partial charge in [0.1, 0.15) is 6.29 Å². The Labute approximate surface area is 90.0 Å². The quantitative estimate of drug-likeness (QED) is 0.725. The van der Waals surface area contributed by atoms with Crippen LogP contribution in [-0.2, 0) is 9.84 Å². The largest absolute Gasteiger partial charge is 0.298 e. The Balaban J connectivity index is 3.34. The van der Waals surface area contributed by atoms with Crippen LogP contribution >= 0.6 is 0 Å². The summed E-state index contributed by atoms with van der Waals surface area (Å²) in [6, 6.07) is 6.05. The summed E-state index contributed by atoms with van der Waals surface area (Å²) in [5.74, 6) is 0. The Hall–Kier alpha value is -1.16. The summed E-state index contributed by atoms with van der Waals surface area (Å²) in [6.07, 6.45) is 0.641. The SMILES string of the molecule is CC(C)(C)S(=O)(=O)c1cccc(C=O)c1. The van der Waals surface area contributed by atoms with Crippen LogP contribution in [0.25, 0.3) is 0 Å². The third kappa shape index (κ3) is 2.26. The van der Waals surface area contributed by atoms with E-state index >= 15 is 0 Å². The number of benzene rings is 1. The molecule has 1 aromatic rings. The molecular formula is C11H14O3S. The number of hydrogen-bond donors (Lipinski definition) is 0. The minimum absolute atomic E-state index is 0.194. The molecule has 0 N–H and O–H groups in total. The Bertz CT molecular complexity index is 467. The molecule has 0 aliphatic rings. The van der Waals surface area contributed by atoms with Crippen LogP contribution in [0.4, 0.5) is 0 Å². The number of hydrogen-bond acceptors (Lipinski definition) is 3. The number of sulfone groups is 1. The van der Waals surface area contributed by atoms with Gasteiger partial charge in [-0.2, -0.15) is 0 Å². The second kappa shape index (κ2) is 3.77. The zero-order valence-electron chi connectivity index (χ0n) is 9.02. The van der Waals surface area contributed by atoms with E-state index < -0.39 is 14.6 Å². The molecule has 0 unspecified atom stereocenters. The summed E-state index contributed by atoms with van der Waals surface area (Å²) in [4.78, 5) is 10.7. The highest BCUT2D eigenvalue weighted by Crippen LogP contribution is 2.24. The highest BCUT2D eigenvalue weighted by Gasteiger charge is 2.30. The molecule has 0 aromatic heterocycles. The molecule has 0 aliphatic heterocycles. The first kappa shape index (κ1) is 11.9. The topological polar surface area (TPSA) is 51.2 Å². The molecule has 0 fully saturated rings. The van der Waals surface area contributed by atoms with Crippen LogP contribution in [0.15, 0.2) is 29.2 Å². The third-order valence-electron chi connectivity index (χ3n) is 2.11. The molecule has 0 heterocycles. The van der Waals surface area contributed by atoms with Crippen molar-refractivity contribution in [3.63, 3.8) is 0 Å². The predicted molar refractivity (Wildman–Crippen MR) is 58.8 cm³/mol. The standard InChI is InChI=1S/C11H14O3S/c1-11(2,3)15(13,14)10-6-4-5-9(7-10)8-12/h4-8H,1-3H3. The van der Waals surface area contributed by atoms with E-state index in [0.717, 1.165) is 0 Å². The first-order chi connectivity index (χ1) is 6.79. The van der Waals surface area contributed by atoms with Gasteiger partial charge in [-0.1, -0.05) is 12.1 Å². The Morgan fingerprint density at radius 1 is 1.20 bits per heavy atom. The lowest BCUT2D eigenvalue weighted by molar-refractivity contribution is 0.112. The van der Waals surface area contributed by atoms with Crippen molar-refractivity contribution in [2.24, 2.45) is 0 Å². The second-order valence-electron chi connectivity index (χ2n) is 4.31. The van der Waals surface area contributed by atoms with Crippen LogP contribution in [0.5, 0.6) is 0 Å². The summed E-state index contributed by atoms with van der Waals surface area (Å²) in [6.45, 7) is 4.90. The lowest BCUT2D eigenvalue weighted by Crippen LogP contribution is -2.27. The first-order valence-electron chi connectivity index (χ1n) is 4.59. The second-order valence-corrected chi connectivity index (χ2v) is 7.01. The molecule has 0 amide bonds. The van der Waals surface area contributed by atoms with Crippen LogP contribution in [0.1, 0.15) is 31.1 Å². The molecule has 0 bridgehead atoms. The molecule has 0 radical (unpaired) electrons. The van der Waals surface area contributed by atoms with Gasteiger partial charge in [-0.15, -0.1) is 0 Å². The van der Waals surface area contributed by atoms with Crippen LogP contribution in [0.2, 0.25) is 0 Å². The minimum Gasteiger partial charge on any atom is -0.298 e. The monoisotopic (exact) mass is 226 g/mol. The van der Waals surface area contributed by atoms with Gasteiger partial charge in [0, 0.05) is 5.56 Å². The minimum atomic E-state index is -3.37. The van der Waals surface area contributed by atoms with E-state index in [1.54, 1.807) is 32.9 Å².